The van der Waals surface area contributed by atoms with Crippen LogP contribution < -0.4 is 11.1 Å². The van der Waals surface area contributed by atoms with Crippen LogP contribution in [0, 0.1) is 5.82 Å². The van der Waals surface area contributed by atoms with E-state index >= 15 is 0 Å². The summed E-state index contributed by atoms with van der Waals surface area (Å²) in [6.07, 6.45) is 1.61. The first-order valence-corrected chi connectivity index (χ1v) is 6.65. The number of carbonyl (C=O) groups excluding carboxylic acids is 1. The van der Waals surface area contributed by atoms with Gasteiger partial charge >= 0.3 is 0 Å². The number of nitrogens with one attached hydrogen (secondary N) is 1. The third-order valence-electron chi connectivity index (χ3n) is 3.41. The van der Waals surface area contributed by atoms with Crippen molar-refractivity contribution in [3.8, 4) is 0 Å². The zero-order valence-corrected chi connectivity index (χ0v) is 11.5. The van der Waals surface area contributed by atoms with E-state index < -0.39 is 11.4 Å². The minimum absolute atomic E-state index is 0.187. The number of aliphatic hydroxyl groups is 1. The van der Waals surface area contributed by atoms with E-state index in [0.717, 1.165) is 19.4 Å². The van der Waals surface area contributed by atoms with E-state index in [1.165, 1.54) is 18.2 Å². The largest absolute Gasteiger partial charge is 0.397 e. The van der Waals surface area contributed by atoms with Gasteiger partial charge in [-0.1, -0.05) is 0 Å². The van der Waals surface area contributed by atoms with Crippen LogP contribution in [0.3, 0.4) is 0 Å². The summed E-state index contributed by atoms with van der Waals surface area (Å²) < 4.78 is 12.9. The molecule has 1 saturated heterocycles. The molecule has 2 rings (SSSR count). The van der Waals surface area contributed by atoms with Crippen LogP contribution in [-0.4, -0.2) is 41.1 Å². The Morgan fingerprint density at radius 3 is 3.00 bits per heavy atom. The first-order chi connectivity index (χ1) is 9.35. The van der Waals surface area contributed by atoms with Crippen molar-refractivity contribution in [3.05, 3.63) is 24.0 Å². The fraction of sp³-hybridized carbons (Fsp3) is 0.500. The first kappa shape index (κ1) is 14.7. The van der Waals surface area contributed by atoms with Gasteiger partial charge in [0.25, 0.3) is 0 Å². The van der Waals surface area contributed by atoms with Crippen molar-refractivity contribution in [3.63, 3.8) is 0 Å². The molecule has 1 aliphatic rings. The summed E-state index contributed by atoms with van der Waals surface area (Å²) in [6, 6.07) is 3.86. The number of hydrogen-bond donors (Lipinski definition) is 3. The zero-order chi connectivity index (χ0) is 14.8. The molecule has 0 aliphatic carbocycles. The molecular weight excluding hydrogens is 261 g/mol. The molecule has 20 heavy (non-hydrogen) atoms. The SMILES string of the molecule is CC1(O)CCCN(CC(=O)Nc2ccc(F)cc2N)C1. The molecule has 4 N–H and O–H groups in total. The molecular formula is C14H20FN3O2. The van der Waals surface area contributed by atoms with Gasteiger partial charge in [0.05, 0.1) is 23.5 Å². The van der Waals surface area contributed by atoms with Crippen molar-refractivity contribution in [1.82, 2.24) is 4.90 Å². The molecule has 0 aromatic heterocycles. The van der Waals surface area contributed by atoms with Crippen LogP contribution in [0.5, 0.6) is 0 Å². The Kier molecular flexibility index (Phi) is 4.25. The van der Waals surface area contributed by atoms with E-state index in [2.05, 4.69) is 5.32 Å². The number of nitrogen functional groups attached to an aromatic ring is 1. The molecule has 1 atom stereocenters. The second-order valence-corrected chi connectivity index (χ2v) is 5.59. The van der Waals surface area contributed by atoms with Crippen molar-refractivity contribution >= 4 is 17.3 Å². The number of likely N-dealkylation sites (tertiary alicyclic amines) is 1. The normalized spacial score (nSPS) is 23.6. The maximum atomic E-state index is 12.9. The van der Waals surface area contributed by atoms with Crippen molar-refractivity contribution in [2.45, 2.75) is 25.4 Å². The van der Waals surface area contributed by atoms with E-state index in [9.17, 15) is 14.3 Å². The topological polar surface area (TPSA) is 78.6 Å². The summed E-state index contributed by atoms with van der Waals surface area (Å²) in [6.45, 7) is 3.21. The van der Waals surface area contributed by atoms with Gasteiger partial charge in [0.2, 0.25) is 5.91 Å². The Labute approximate surface area is 117 Å². The number of piperidine rings is 1. The second kappa shape index (κ2) is 5.76. The summed E-state index contributed by atoms with van der Waals surface area (Å²) in [7, 11) is 0. The van der Waals surface area contributed by atoms with Crippen LogP contribution in [0.1, 0.15) is 19.8 Å². The fourth-order valence-corrected chi connectivity index (χ4v) is 2.50. The number of nitrogens with zero attached hydrogens (tertiary/aromatic N) is 1. The van der Waals surface area contributed by atoms with E-state index in [1.54, 1.807) is 6.92 Å². The predicted octanol–water partition coefficient (Wildman–Crippen LogP) is 1.19. The number of rotatable bonds is 3. The van der Waals surface area contributed by atoms with Gasteiger partial charge in [-0.3, -0.25) is 9.69 Å². The van der Waals surface area contributed by atoms with E-state index in [1.807, 2.05) is 4.90 Å². The molecule has 1 heterocycles. The number of β-amino-alcohol motifs (C(OH)–C–C–N with tert-alkyl or cyclic N) is 1. The van der Waals surface area contributed by atoms with Crippen molar-refractivity contribution in [2.24, 2.45) is 0 Å². The summed E-state index contributed by atoms with van der Waals surface area (Å²) in [5, 5.41) is 12.6. The fourth-order valence-electron chi connectivity index (χ4n) is 2.50. The van der Waals surface area contributed by atoms with E-state index in [0.29, 0.717) is 12.2 Å². The van der Waals surface area contributed by atoms with Crippen LogP contribution in [0.2, 0.25) is 0 Å². The molecule has 0 spiro atoms. The molecule has 1 aliphatic heterocycles. The van der Waals surface area contributed by atoms with E-state index in [4.69, 9.17) is 5.73 Å². The summed E-state index contributed by atoms with van der Waals surface area (Å²) >= 11 is 0. The number of hydrogen-bond acceptors (Lipinski definition) is 4. The van der Waals surface area contributed by atoms with Crippen molar-refractivity contribution < 1.29 is 14.3 Å². The molecule has 1 unspecified atom stereocenters. The average Bonchev–Trinajstić information content (AvgIpc) is 2.31. The summed E-state index contributed by atoms with van der Waals surface area (Å²) in [5.74, 6) is -0.659. The molecule has 6 heteroatoms. The molecule has 1 aromatic rings. The smallest absolute Gasteiger partial charge is 0.238 e. The molecule has 0 radical (unpaired) electrons. The van der Waals surface area contributed by atoms with Gasteiger partial charge in [0, 0.05) is 6.54 Å². The van der Waals surface area contributed by atoms with Gasteiger partial charge in [-0.2, -0.15) is 0 Å². The molecule has 1 fully saturated rings. The lowest BCUT2D eigenvalue weighted by molar-refractivity contribution is -0.118. The lowest BCUT2D eigenvalue weighted by Gasteiger charge is -2.36. The lowest BCUT2D eigenvalue weighted by Crippen LogP contribution is -2.48. The number of benzene rings is 1. The number of nitrogens with two attached hydrogens (primary N) is 1. The van der Waals surface area contributed by atoms with Crippen LogP contribution in [-0.2, 0) is 4.79 Å². The molecule has 110 valence electrons. The molecule has 0 saturated carbocycles. The monoisotopic (exact) mass is 281 g/mol. The molecule has 0 bridgehead atoms. The van der Waals surface area contributed by atoms with Crippen LogP contribution in [0.15, 0.2) is 18.2 Å². The minimum Gasteiger partial charge on any atom is -0.397 e. The predicted molar refractivity (Wildman–Crippen MR) is 75.7 cm³/mol. The van der Waals surface area contributed by atoms with Gasteiger partial charge in [-0.25, -0.2) is 4.39 Å². The quantitative estimate of drug-likeness (QED) is 0.727. The molecule has 5 nitrogen and oxygen atoms in total. The number of anilines is 2. The number of amides is 1. The standard InChI is InChI=1S/C14H20FN3O2/c1-14(20)5-2-6-18(9-14)8-13(19)17-12-4-3-10(15)7-11(12)16/h3-4,7,20H,2,5-6,8-9,16H2,1H3,(H,17,19). The van der Waals surface area contributed by atoms with Crippen LogP contribution in [0.25, 0.3) is 0 Å². The highest BCUT2D eigenvalue weighted by atomic mass is 19.1. The van der Waals surface area contributed by atoms with Gasteiger partial charge < -0.3 is 16.2 Å². The molecule has 1 aromatic carbocycles. The maximum Gasteiger partial charge on any atom is 0.238 e. The van der Waals surface area contributed by atoms with E-state index in [-0.39, 0.29) is 18.1 Å². The Bertz CT molecular complexity index is 505. The number of carbonyl (C=O) groups is 1. The Balaban J connectivity index is 1.92. The second-order valence-electron chi connectivity index (χ2n) is 5.59. The average molecular weight is 281 g/mol. The Morgan fingerprint density at radius 1 is 1.60 bits per heavy atom. The van der Waals surface area contributed by atoms with Crippen LogP contribution >= 0.6 is 0 Å². The summed E-state index contributed by atoms with van der Waals surface area (Å²) in [4.78, 5) is 13.8. The first-order valence-electron chi connectivity index (χ1n) is 6.65. The lowest BCUT2D eigenvalue weighted by atomic mass is 9.95. The third kappa shape index (κ3) is 3.91. The van der Waals surface area contributed by atoms with Gasteiger partial charge in [0.15, 0.2) is 0 Å². The highest BCUT2D eigenvalue weighted by Crippen LogP contribution is 2.21. The highest BCUT2D eigenvalue weighted by Gasteiger charge is 2.29. The van der Waals surface area contributed by atoms with Crippen molar-refractivity contribution in [2.75, 3.05) is 30.7 Å². The summed E-state index contributed by atoms with van der Waals surface area (Å²) in [5.41, 5.74) is 5.50. The minimum atomic E-state index is -0.743. The maximum absolute atomic E-state index is 12.9. The van der Waals surface area contributed by atoms with Gasteiger partial charge in [0.1, 0.15) is 5.82 Å². The Hall–Kier alpha value is -1.66. The van der Waals surface area contributed by atoms with Crippen LogP contribution in [0.4, 0.5) is 15.8 Å². The zero-order valence-electron chi connectivity index (χ0n) is 11.5. The third-order valence-corrected chi connectivity index (χ3v) is 3.41. The Morgan fingerprint density at radius 2 is 2.35 bits per heavy atom. The van der Waals surface area contributed by atoms with Gasteiger partial charge in [-0.15, -0.1) is 0 Å². The highest BCUT2D eigenvalue weighted by molar-refractivity contribution is 5.95. The number of halogens is 1. The molecule has 1 amide bonds. The van der Waals surface area contributed by atoms with Crippen molar-refractivity contribution in [1.29, 1.82) is 0 Å². The van der Waals surface area contributed by atoms with Gasteiger partial charge in [-0.05, 0) is 44.5 Å².